The summed E-state index contributed by atoms with van der Waals surface area (Å²) in [5.74, 6) is -0.368. The van der Waals surface area contributed by atoms with E-state index >= 15 is 0 Å². The van der Waals surface area contributed by atoms with Crippen LogP contribution in [-0.4, -0.2) is 16.1 Å². The molecule has 0 radical (unpaired) electrons. The molecule has 0 aliphatic heterocycles. The predicted octanol–water partition coefficient (Wildman–Crippen LogP) is 3.78. The van der Waals surface area contributed by atoms with E-state index in [-0.39, 0.29) is 10.9 Å². The average Bonchev–Trinajstić information content (AvgIpc) is 2.44. The van der Waals surface area contributed by atoms with Gasteiger partial charge >= 0.3 is 0 Å². The van der Waals surface area contributed by atoms with E-state index in [1.165, 1.54) is 6.07 Å². The molecule has 2 rings (SSSR count). The molecule has 0 bridgehead atoms. The SMILES string of the molecule is O=C(NC(=S)Nc1ccccc1O)c1cc(I)ccc1Cl. The van der Waals surface area contributed by atoms with Crippen LogP contribution < -0.4 is 10.6 Å². The van der Waals surface area contributed by atoms with Gasteiger partial charge in [0.2, 0.25) is 0 Å². The summed E-state index contributed by atoms with van der Waals surface area (Å²) < 4.78 is 0.890. The molecular weight excluding hydrogens is 423 g/mol. The number of hydrogen-bond donors (Lipinski definition) is 3. The first-order valence-electron chi connectivity index (χ1n) is 5.83. The maximum Gasteiger partial charge on any atom is 0.258 e. The number of phenolic OH excluding ortho intramolecular Hbond substituents is 1. The van der Waals surface area contributed by atoms with Crippen molar-refractivity contribution in [1.29, 1.82) is 0 Å². The zero-order valence-electron chi connectivity index (χ0n) is 10.6. The van der Waals surface area contributed by atoms with Crippen molar-refractivity contribution in [2.75, 3.05) is 5.32 Å². The van der Waals surface area contributed by atoms with Gasteiger partial charge in [-0.05, 0) is 65.1 Å². The smallest absolute Gasteiger partial charge is 0.258 e. The summed E-state index contributed by atoms with van der Waals surface area (Å²) in [7, 11) is 0. The number of halogens is 2. The van der Waals surface area contributed by atoms with Crippen LogP contribution in [0.3, 0.4) is 0 Å². The van der Waals surface area contributed by atoms with E-state index in [0.717, 1.165) is 3.57 Å². The molecular formula is C14H10ClIN2O2S. The third-order valence-electron chi connectivity index (χ3n) is 2.55. The largest absolute Gasteiger partial charge is 0.506 e. The lowest BCUT2D eigenvalue weighted by Crippen LogP contribution is -2.34. The van der Waals surface area contributed by atoms with Crippen molar-refractivity contribution in [3.63, 3.8) is 0 Å². The molecule has 0 atom stereocenters. The number of carbonyl (C=O) groups is 1. The summed E-state index contributed by atoms with van der Waals surface area (Å²) in [6.45, 7) is 0. The Balaban J connectivity index is 2.08. The van der Waals surface area contributed by atoms with E-state index in [1.807, 2.05) is 0 Å². The van der Waals surface area contributed by atoms with E-state index in [9.17, 15) is 9.90 Å². The van der Waals surface area contributed by atoms with Crippen LogP contribution in [0, 0.1) is 3.57 Å². The number of nitrogens with one attached hydrogen (secondary N) is 2. The van der Waals surface area contributed by atoms with E-state index in [4.69, 9.17) is 23.8 Å². The second kappa shape index (κ2) is 7.06. The van der Waals surface area contributed by atoms with Crippen LogP contribution in [0.2, 0.25) is 5.02 Å². The van der Waals surface area contributed by atoms with Crippen LogP contribution in [0.15, 0.2) is 42.5 Å². The normalized spacial score (nSPS) is 10.0. The summed E-state index contributed by atoms with van der Waals surface area (Å²) >= 11 is 13.1. The standard InChI is InChI=1S/C14H10ClIN2O2S/c15-10-6-5-8(16)7-9(10)13(20)18-14(21)17-11-3-1-2-4-12(11)19/h1-7,19H,(H2,17,18,20,21). The van der Waals surface area contributed by atoms with E-state index in [1.54, 1.807) is 36.4 Å². The van der Waals surface area contributed by atoms with Crippen molar-refractivity contribution in [3.8, 4) is 5.75 Å². The molecule has 0 spiro atoms. The van der Waals surface area contributed by atoms with Crippen LogP contribution in [0.25, 0.3) is 0 Å². The van der Waals surface area contributed by atoms with Gasteiger partial charge in [0.25, 0.3) is 5.91 Å². The van der Waals surface area contributed by atoms with Crippen molar-refractivity contribution in [3.05, 3.63) is 56.6 Å². The molecule has 0 aliphatic carbocycles. The molecule has 0 unspecified atom stereocenters. The Labute approximate surface area is 145 Å². The molecule has 0 saturated heterocycles. The summed E-state index contributed by atoms with van der Waals surface area (Å²) in [5.41, 5.74) is 0.751. The summed E-state index contributed by atoms with van der Waals surface area (Å²) in [6, 6.07) is 11.7. The van der Waals surface area contributed by atoms with Crippen molar-refractivity contribution in [2.24, 2.45) is 0 Å². The number of thiocarbonyl (C=S) groups is 1. The molecule has 4 nitrogen and oxygen atoms in total. The van der Waals surface area contributed by atoms with Crippen molar-refractivity contribution in [1.82, 2.24) is 5.32 Å². The lowest BCUT2D eigenvalue weighted by molar-refractivity contribution is 0.0978. The quantitative estimate of drug-likeness (QED) is 0.384. The highest BCUT2D eigenvalue weighted by molar-refractivity contribution is 14.1. The van der Waals surface area contributed by atoms with Gasteiger partial charge in [-0.3, -0.25) is 10.1 Å². The van der Waals surface area contributed by atoms with Crippen LogP contribution in [0.5, 0.6) is 5.75 Å². The lowest BCUT2D eigenvalue weighted by atomic mass is 10.2. The van der Waals surface area contributed by atoms with Gasteiger partial charge in [0.1, 0.15) is 5.75 Å². The highest BCUT2D eigenvalue weighted by atomic mass is 127. The number of benzene rings is 2. The van der Waals surface area contributed by atoms with Gasteiger partial charge in [-0.25, -0.2) is 0 Å². The fourth-order valence-electron chi connectivity index (χ4n) is 1.57. The van der Waals surface area contributed by atoms with Crippen LogP contribution in [0.4, 0.5) is 5.69 Å². The van der Waals surface area contributed by atoms with Crippen LogP contribution >= 0.6 is 46.4 Å². The number of carbonyl (C=O) groups excluding carboxylic acids is 1. The first-order chi connectivity index (χ1) is 9.97. The van der Waals surface area contributed by atoms with Gasteiger partial charge in [0.15, 0.2) is 5.11 Å². The maximum atomic E-state index is 12.1. The van der Waals surface area contributed by atoms with E-state index in [2.05, 4.69) is 33.2 Å². The predicted molar refractivity (Wildman–Crippen MR) is 96.0 cm³/mol. The molecule has 0 heterocycles. The Morgan fingerprint density at radius 2 is 1.95 bits per heavy atom. The maximum absolute atomic E-state index is 12.1. The fraction of sp³-hybridized carbons (Fsp3) is 0. The molecule has 2 aromatic rings. The van der Waals surface area contributed by atoms with Gasteiger partial charge in [-0.15, -0.1) is 0 Å². The topological polar surface area (TPSA) is 61.4 Å². The van der Waals surface area contributed by atoms with Crippen molar-refractivity contribution < 1.29 is 9.90 Å². The Morgan fingerprint density at radius 3 is 2.67 bits per heavy atom. The molecule has 0 aliphatic rings. The molecule has 2 aromatic carbocycles. The summed E-state index contributed by atoms with van der Waals surface area (Å²) in [6.07, 6.45) is 0. The first kappa shape index (κ1) is 16.0. The van der Waals surface area contributed by atoms with Gasteiger partial charge in [-0.2, -0.15) is 0 Å². The van der Waals surface area contributed by atoms with Gasteiger partial charge in [0, 0.05) is 3.57 Å². The Kier molecular flexibility index (Phi) is 5.38. The first-order valence-corrected chi connectivity index (χ1v) is 7.69. The highest BCUT2D eigenvalue weighted by Gasteiger charge is 2.13. The minimum atomic E-state index is -0.411. The average molecular weight is 433 g/mol. The minimum Gasteiger partial charge on any atom is -0.506 e. The zero-order valence-corrected chi connectivity index (χ0v) is 14.3. The number of amides is 1. The molecule has 0 saturated carbocycles. The number of anilines is 1. The van der Waals surface area contributed by atoms with Crippen molar-refractivity contribution in [2.45, 2.75) is 0 Å². The minimum absolute atomic E-state index is 0.0430. The van der Waals surface area contributed by atoms with Gasteiger partial charge in [-0.1, -0.05) is 23.7 Å². The molecule has 0 aromatic heterocycles. The van der Waals surface area contributed by atoms with Crippen molar-refractivity contribution >= 4 is 63.1 Å². The molecule has 7 heteroatoms. The number of para-hydroxylation sites is 2. The number of aromatic hydroxyl groups is 1. The van der Waals surface area contributed by atoms with Crippen LogP contribution in [-0.2, 0) is 0 Å². The molecule has 0 fully saturated rings. The monoisotopic (exact) mass is 432 g/mol. The Morgan fingerprint density at radius 1 is 1.24 bits per heavy atom. The third kappa shape index (κ3) is 4.29. The molecule has 21 heavy (non-hydrogen) atoms. The fourth-order valence-corrected chi connectivity index (χ4v) is 2.47. The number of rotatable bonds is 2. The molecule has 1 amide bonds. The molecule has 3 N–H and O–H groups in total. The van der Waals surface area contributed by atoms with Gasteiger partial charge < -0.3 is 10.4 Å². The van der Waals surface area contributed by atoms with E-state index in [0.29, 0.717) is 16.3 Å². The second-order valence-electron chi connectivity index (χ2n) is 4.05. The van der Waals surface area contributed by atoms with Crippen LogP contribution in [0.1, 0.15) is 10.4 Å². The van der Waals surface area contributed by atoms with Gasteiger partial charge in [0.05, 0.1) is 16.3 Å². The number of hydrogen-bond acceptors (Lipinski definition) is 3. The Hall–Kier alpha value is -1.38. The zero-order chi connectivity index (χ0) is 15.4. The number of phenols is 1. The Bertz CT molecular complexity index is 709. The summed E-state index contributed by atoms with van der Waals surface area (Å²) in [5, 5.41) is 15.3. The summed E-state index contributed by atoms with van der Waals surface area (Å²) in [4.78, 5) is 12.1. The second-order valence-corrected chi connectivity index (χ2v) is 6.11. The third-order valence-corrected chi connectivity index (χ3v) is 3.76. The lowest BCUT2D eigenvalue weighted by Gasteiger charge is -2.11. The highest BCUT2D eigenvalue weighted by Crippen LogP contribution is 2.22. The molecule has 108 valence electrons. The van der Waals surface area contributed by atoms with E-state index < -0.39 is 5.91 Å².